The van der Waals surface area contributed by atoms with E-state index in [1.165, 1.54) is 21.9 Å². The summed E-state index contributed by atoms with van der Waals surface area (Å²) >= 11 is 0. The van der Waals surface area contributed by atoms with Gasteiger partial charge in [-0.05, 0) is 32.0 Å². The van der Waals surface area contributed by atoms with Crippen LogP contribution in [0.5, 0.6) is 5.75 Å². The van der Waals surface area contributed by atoms with Gasteiger partial charge < -0.3 is 25.2 Å². The van der Waals surface area contributed by atoms with Gasteiger partial charge in [-0.2, -0.15) is 13.5 Å². The summed E-state index contributed by atoms with van der Waals surface area (Å²) < 4.78 is 59.3. The molecule has 188 valence electrons. The van der Waals surface area contributed by atoms with Gasteiger partial charge in [0.1, 0.15) is 4.90 Å². The fourth-order valence-corrected chi connectivity index (χ4v) is 5.16. The Morgan fingerprint density at radius 1 is 1.12 bits per heavy atom. The molecule has 34 heavy (non-hydrogen) atoms. The maximum absolute atomic E-state index is 13.2. The van der Waals surface area contributed by atoms with Crippen LogP contribution >= 0.6 is 0 Å². The number of nitrogens with one attached hydrogen (secondary N) is 1. The van der Waals surface area contributed by atoms with E-state index in [9.17, 15) is 31.6 Å². The van der Waals surface area contributed by atoms with Gasteiger partial charge in [0.15, 0.2) is 11.8 Å². The molecule has 3 rings (SSSR count). The minimum Gasteiger partial charge on any atom is -0.431 e. The molecule has 0 unspecified atom stereocenters. The molecule has 0 spiro atoms. The molecule has 0 aliphatic carbocycles. The van der Waals surface area contributed by atoms with Gasteiger partial charge in [0.2, 0.25) is 21.8 Å². The number of piperidine rings is 1. The molecule has 0 bridgehead atoms. The van der Waals surface area contributed by atoms with Crippen LogP contribution in [0.15, 0.2) is 23.1 Å². The second-order valence-corrected chi connectivity index (χ2v) is 9.75. The average molecular weight is 504 g/mol. The molecule has 2 saturated heterocycles. The molecule has 1 atom stereocenters. The van der Waals surface area contributed by atoms with Crippen molar-refractivity contribution < 1.29 is 36.3 Å². The summed E-state index contributed by atoms with van der Waals surface area (Å²) in [7, 11) is -2.91. The highest BCUT2D eigenvalue weighted by atomic mass is 32.2. The number of rotatable bonds is 8. The van der Waals surface area contributed by atoms with Crippen molar-refractivity contribution in [2.75, 3.05) is 44.7 Å². The first-order valence-electron chi connectivity index (χ1n) is 10.7. The molecule has 2 fully saturated rings. The van der Waals surface area contributed by atoms with Crippen LogP contribution in [0.3, 0.4) is 0 Å². The Hall–Kier alpha value is -2.84. The predicted octanol–water partition coefficient (Wildman–Crippen LogP) is -0.289. The first-order chi connectivity index (χ1) is 16.0. The molecule has 14 heteroatoms. The lowest BCUT2D eigenvalue weighted by molar-refractivity contribution is -0.138. The minimum atomic E-state index is -4.76. The highest BCUT2D eigenvalue weighted by Gasteiger charge is 2.37. The second-order valence-electron chi connectivity index (χ2n) is 8.07. The quantitative estimate of drug-likeness (QED) is 0.464. The third-order valence-electron chi connectivity index (χ3n) is 5.69. The fraction of sp³-hybridized carbons (Fsp3) is 0.550. The third-order valence-corrected chi connectivity index (χ3v) is 7.13. The SMILES string of the molecule is CN1CCN(C(=O)[C@@H](NS(=O)(=O)c2cccc(N3CCCCC3=O)c2OC(F)F)C(N)=O)CC1. The Bertz CT molecular complexity index is 1050. The number of carbonyl (C=O) groups is 3. The van der Waals surface area contributed by atoms with E-state index >= 15 is 0 Å². The van der Waals surface area contributed by atoms with Gasteiger partial charge in [-0.15, -0.1) is 0 Å². The summed E-state index contributed by atoms with van der Waals surface area (Å²) in [6.07, 6.45) is 1.39. The Kier molecular flexibility index (Phi) is 8.05. The predicted molar refractivity (Wildman–Crippen MR) is 117 cm³/mol. The topological polar surface area (TPSA) is 142 Å². The standard InChI is InChI=1S/C20H27F2N5O6S/c1-25-9-11-26(12-10-25)19(30)16(18(23)29)24-34(31,32)14-6-4-5-13(17(14)33-20(21)22)27-8-3-2-7-15(27)28/h4-6,16,20,24H,2-3,7-12H2,1H3,(H2,23,29)/t16-/m0/s1. The number of likely N-dealkylation sites (N-methyl/N-ethyl adjacent to an activating group) is 1. The number of hydrogen-bond donors (Lipinski definition) is 2. The smallest absolute Gasteiger partial charge is 0.387 e. The molecule has 1 aromatic rings. The Labute approximate surface area is 195 Å². The maximum atomic E-state index is 13.2. The van der Waals surface area contributed by atoms with Crippen LogP contribution in [0.4, 0.5) is 14.5 Å². The highest BCUT2D eigenvalue weighted by molar-refractivity contribution is 7.89. The number of ether oxygens (including phenoxy) is 1. The first kappa shape index (κ1) is 25.8. The molecule has 1 aromatic carbocycles. The molecule has 11 nitrogen and oxygen atoms in total. The van der Waals surface area contributed by atoms with Crippen LogP contribution in [-0.2, 0) is 24.4 Å². The lowest BCUT2D eigenvalue weighted by atomic mass is 10.1. The van der Waals surface area contributed by atoms with E-state index in [-0.39, 0.29) is 37.6 Å². The van der Waals surface area contributed by atoms with E-state index in [1.54, 1.807) is 0 Å². The van der Waals surface area contributed by atoms with Gasteiger partial charge in [-0.3, -0.25) is 14.4 Å². The van der Waals surface area contributed by atoms with Crippen LogP contribution < -0.4 is 20.1 Å². The lowest BCUT2D eigenvalue weighted by Gasteiger charge is -2.34. The monoisotopic (exact) mass is 503 g/mol. The van der Waals surface area contributed by atoms with Crippen LogP contribution in [0, 0.1) is 0 Å². The van der Waals surface area contributed by atoms with Crippen LogP contribution in [-0.4, -0.2) is 88.4 Å². The van der Waals surface area contributed by atoms with E-state index < -0.39 is 45.1 Å². The van der Waals surface area contributed by atoms with Crippen molar-refractivity contribution in [2.24, 2.45) is 5.73 Å². The summed E-state index contributed by atoms with van der Waals surface area (Å²) in [5.41, 5.74) is 5.17. The van der Waals surface area contributed by atoms with Crippen molar-refractivity contribution in [1.29, 1.82) is 0 Å². The van der Waals surface area contributed by atoms with Gasteiger partial charge in [-0.1, -0.05) is 6.07 Å². The Morgan fingerprint density at radius 3 is 2.38 bits per heavy atom. The normalized spacial score (nSPS) is 18.8. The van der Waals surface area contributed by atoms with Crippen LogP contribution in [0.1, 0.15) is 19.3 Å². The number of hydrogen-bond acceptors (Lipinski definition) is 7. The van der Waals surface area contributed by atoms with E-state index in [4.69, 9.17) is 5.73 Å². The van der Waals surface area contributed by atoms with E-state index in [0.717, 1.165) is 6.07 Å². The van der Waals surface area contributed by atoms with Gasteiger partial charge in [0.05, 0.1) is 5.69 Å². The largest absolute Gasteiger partial charge is 0.431 e. The second kappa shape index (κ2) is 10.6. The molecule has 2 aliphatic heterocycles. The summed E-state index contributed by atoms with van der Waals surface area (Å²) in [5, 5.41) is 0. The molecular formula is C20H27F2N5O6S. The zero-order chi connectivity index (χ0) is 25.0. The zero-order valence-corrected chi connectivity index (χ0v) is 19.4. The Morgan fingerprint density at radius 2 is 1.79 bits per heavy atom. The summed E-state index contributed by atoms with van der Waals surface area (Å²) in [5.74, 6) is -3.21. The number of amides is 3. The van der Waals surface area contributed by atoms with Crippen LogP contribution in [0.2, 0.25) is 0 Å². The van der Waals surface area contributed by atoms with E-state index in [1.807, 2.05) is 16.7 Å². The molecule has 3 N–H and O–H groups in total. The molecule has 0 radical (unpaired) electrons. The molecule has 3 amide bonds. The third kappa shape index (κ3) is 5.80. The molecular weight excluding hydrogens is 476 g/mol. The molecule has 2 aliphatic rings. The number of nitrogens with two attached hydrogens (primary N) is 1. The number of nitrogens with zero attached hydrogens (tertiary/aromatic N) is 3. The number of primary amides is 1. The van der Waals surface area contributed by atoms with Crippen molar-refractivity contribution >= 4 is 33.4 Å². The van der Waals surface area contributed by atoms with E-state index in [2.05, 4.69) is 4.74 Å². The fourth-order valence-electron chi connectivity index (χ4n) is 3.85. The number of halogens is 2. The molecule has 0 saturated carbocycles. The summed E-state index contributed by atoms with van der Waals surface area (Å²) in [4.78, 5) is 40.9. The van der Waals surface area contributed by atoms with Crippen molar-refractivity contribution in [3.63, 3.8) is 0 Å². The number of para-hydroxylation sites is 1. The van der Waals surface area contributed by atoms with E-state index in [0.29, 0.717) is 25.9 Å². The number of carbonyl (C=O) groups excluding carboxylic acids is 3. The highest BCUT2D eigenvalue weighted by Crippen LogP contribution is 2.38. The van der Waals surface area contributed by atoms with Gasteiger partial charge in [-0.25, -0.2) is 8.42 Å². The first-order valence-corrected chi connectivity index (χ1v) is 12.2. The number of sulfonamides is 1. The van der Waals surface area contributed by atoms with Crippen molar-refractivity contribution in [3.05, 3.63) is 18.2 Å². The lowest BCUT2D eigenvalue weighted by Crippen LogP contribution is -2.58. The van der Waals surface area contributed by atoms with Crippen molar-refractivity contribution in [1.82, 2.24) is 14.5 Å². The Balaban J connectivity index is 1.96. The number of anilines is 1. The summed E-state index contributed by atoms with van der Waals surface area (Å²) in [6, 6.07) is 1.58. The summed E-state index contributed by atoms with van der Waals surface area (Å²) in [6.45, 7) is -1.65. The number of alkyl halides is 2. The van der Waals surface area contributed by atoms with Crippen molar-refractivity contribution in [2.45, 2.75) is 36.8 Å². The minimum absolute atomic E-state index is 0.145. The van der Waals surface area contributed by atoms with Crippen LogP contribution in [0.25, 0.3) is 0 Å². The zero-order valence-electron chi connectivity index (χ0n) is 18.6. The van der Waals surface area contributed by atoms with Gasteiger partial charge >= 0.3 is 6.61 Å². The number of benzene rings is 1. The van der Waals surface area contributed by atoms with Gasteiger partial charge in [0.25, 0.3) is 5.91 Å². The molecule has 0 aromatic heterocycles. The average Bonchev–Trinajstić information content (AvgIpc) is 2.77. The molecule has 2 heterocycles. The number of piperazine rings is 1. The van der Waals surface area contributed by atoms with Crippen molar-refractivity contribution in [3.8, 4) is 5.75 Å². The maximum Gasteiger partial charge on any atom is 0.387 e. The van der Waals surface area contributed by atoms with Gasteiger partial charge in [0, 0.05) is 39.1 Å².